The molecule has 112 valence electrons. The second kappa shape index (κ2) is 7.36. The van der Waals surface area contributed by atoms with Crippen LogP contribution in [0.2, 0.25) is 0 Å². The monoisotopic (exact) mass is 350 g/mol. The van der Waals surface area contributed by atoms with E-state index < -0.39 is 0 Å². The summed E-state index contributed by atoms with van der Waals surface area (Å²) in [5, 5.41) is 7.00. The molecule has 1 aromatic carbocycles. The number of aromatic nitrogens is 3. The van der Waals surface area contributed by atoms with Crippen LogP contribution in [0.15, 0.2) is 41.4 Å². The number of aryl methyl sites for hydroxylation is 1. The summed E-state index contributed by atoms with van der Waals surface area (Å²) >= 11 is 3.42. The minimum atomic E-state index is -0.345. The average molecular weight is 351 g/mol. The SMILES string of the molecule is C[C@H](C(=O)N[C@@H](C)CCc1ccc(Br)cc1)n1cncn1. The smallest absolute Gasteiger partial charge is 0.244 e. The van der Waals surface area contributed by atoms with Gasteiger partial charge in [0.15, 0.2) is 0 Å². The predicted molar refractivity (Wildman–Crippen MR) is 84.8 cm³/mol. The fraction of sp³-hybridized carbons (Fsp3) is 0.400. The van der Waals surface area contributed by atoms with Crippen molar-refractivity contribution in [2.45, 2.75) is 38.8 Å². The highest BCUT2D eigenvalue weighted by Crippen LogP contribution is 2.12. The van der Waals surface area contributed by atoms with Gasteiger partial charge >= 0.3 is 0 Å². The van der Waals surface area contributed by atoms with Crippen LogP contribution >= 0.6 is 15.9 Å². The Morgan fingerprint density at radius 1 is 1.33 bits per heavy atom. The van der Waals surface area contributed by atoms with Gasteiger partial charge in [0, 0.05) is 10.5 Å². The Morgan fingerprint density at radius 3 is 2.67 bits per heavy atom. The van der Waals surface area contributed by atoms with Crippen LogP contribution in [0, 0.1) is 0 Å². The van der Waals surface area contributed by atoms with Gasteiger partial charge in [0.05, 0.1) is 0 Å². The van der Waals surface area contributed by atoms with Crippen molar-refractivity contribution in [1.82, 2.24) is 20.1 Å². The second-order valence-electron chi connectivity index (χ2n) is 5.13. The first-order valence-corrected chi connectivity index (χ1v) is 7.74. The molecule has 2 rings (SSSR count). The molecule has 0 unspecified atom stereocenters. The summed E-state index contributed by atoms with van der Waals surface area (Å²) in [7, 11) is 0. The summed E-state index contributed by atoms with van der Waals surface area (Å²) in [5.41, 5.74) is 1.27. The maximum atomic E-state index is 12.1. The maximum Gasteiger partial charge on any atom is 0.244 e. The molecule has 2 atom stereocenters. The van der Waals surface area contributed by atoms with Crippen LogP contribution in [0.5, 0.6) is 0 Å². The number of hydrogen-bond acceptors (Lipinski definition) is 3. The van der Waals surface area contributed by atoms with Crippen molar-refractivity contribution >= 4 is 21.8 Å². The summed E-state index contributed by atoms with van der Waals surface area (Å²) in [6.45, 7) is 3.83. The van der Waals surface area contributed by atoms with Gasteiger partial charge in [0.2, 0.25) is 5.91 Å². The normalized spacial score (nSPS) is 13.7. The molecular weight excluding hydrogens is 332 g/mol. The number of hydrogen-bond donors (Lipinski definition) is 1. The van der Waals surface area contributed by atoms with E-state index in [0.717, 1.165) is 17.3 Å². The van der Waals surface area contributed by atoms with Crippen LogP contribution in [-0.4, -0.2) is 26.7 Å². The fourth-order valence-electron chi connectivity index (χ4n) is 2.01. The lowest BCUT2D eigenvalue weighted by molar-refractivity contribution is -0.124. The third kappa shape index (κ3) is 4.67. The molecule has 0 radical (unpaired) electrons. The predicted octanol–water partition coefficient (Wildman–Crippen LogP) is 2.74. The largest absolute Gasteiger partial charge is 0.352 e. The third-order valence-electron chi connectivity index (χ3n) is 3.38. The zero-order chi connectivity index (χ0) is 15.2. The van der Waals surface area contributed by atoms with Gasteiger partial charge < -0.3 is 5.32 Å². The summed E-state index contributed by atoms with van der Waals surface area (Å²) in [6, 6.07) is 8.03. The van der Waals surface area contributed by atoms with E-state index in [1.807, 2.05) is 26.0 Å². The molecule has 0 spiro atoms. The van der Waals surface area contributed by atoms with Crippen LogP contribution in [0.4, 0.5) is 0 Å². The number of carbonyl (C=O) groups excluding carboxylic acids is 1. The van der Waals surface area contributed by atoms with Gasteiger partial charge in [-0.2, -0.15) is 5.10 Å². The van der Waals surface area contributed by atoms with Crippen LogP contribution in [-0.2, 0) is 11.2 Å². The van der Waals surface area contributed by atoms with E-state index in [4.69, 9.17) is 0 Å². The zero-order valence-electron chi connectivity index (χ0n) is 12.2. The lowest BCUT2D eigenvalue weighted by Gasteiger charge is -2.17. The second-order valence-corrected chi connectivity index (χ2v) is 6.04. The molecule has 2 aromatic rings. The van der Waals surface area contributed by atoms with E-state index in [-0.39, 0.29) is 18.0 Å². The van der Waals surface area contributed by atoms with E-state index in [1.54, 1.807) is 11.0 Å². The minimum absolute atomic E-state index is 0.0381. The molecule has 0 aliphatic heterocycles. The van der Waals surface area contributed by atoms with Crippen molar-refractivity contribution in [1.29, 1.82) is 0 Å². The first-order chi connectivity index (χ1) is 10.1. The number of nitrogens with zero attached hydrogens (tertiary/aromatic N) is 3. The van der Waals surface area contributed by atoms with Gasteiger partial charge in [-0.05, 0) is 44.4 Å². The molecule has 1 aromatic heterocycles. The molecule has 0 saturated heterocycles. The summed E-state index contributed by atoms with van der Waals surface area (Å²) in [6.07, 6.45) is 4.82. The van der Waals surface area contributed by atoms with Crippen LogP contribution in [0.1, 0.15) is 31.9 Å². The molecule has 0 bridgehead atoms. The van der Waals surface area contributed by atoms with Crippen LogP contribution < -0.4 is 5.32 Å². The highest BCUT2D eigenvalue weighted by Gasteiger charge is 2.17. The Kier molecular flexibility index (Phi) is 5.50. The number of rotatable bonds is 6. The maximum absolute atomic E-state index is 12.1. The lowest BCUT2D eigenvalue weighted by Crippen LogP contribution is -2.37. The fourth-order valence-corrected chi connectivity index (χ4v) is 2.27. The molecule has 1 amide bonds. The molecule has 5 nitrogen and oxygen atoms in total. The van der Waals surface area contributed by atoms with Gasteiger partial charge in [0.25, 0.3) is 0 Å². The van der Waals surface area contributed by atoms with Crippen LogP contribution in [0.3, 0.4) is 0 Å². The van der Waals surface area contributed by atoms with Crippen molar-refractivity contribution in [2.24, 2.45) is 0 Å². The highest BCUT2D eigenvalue weighted by atomic mass is 79.9. The molecule has 1 heterocycles. The van der Waals surface area contributed by atoms with Crippen molar-refractivity contribution in [2.75, 3.05) is 0 Å². The Hall–Kier alpha value is -1.69. The van der Waals surface area contributed by atoms with E-state index in [0.29, 0.717) is 0 Å². The van der Waals surface area contributed by atoms with Crippen LogP contribution in [0.25, 0.3) is 0 Å². The van der Waals surface area contributed by atoms with Gasteiger partial charge in [0.1, 0.15) is 18.7 Å². The molecule has 0 saturated carbocycles. The van der Waals surface area contributed by atoms with Crippen molar-refractivity contribution in [3.63, 3.8) is 0 Å². The summed E-state index contributed by atoms with van der Waals surface area (Å²) in [4.78, 5) is 16.0. The van der Waals surface area contributed by atoms with E-state index in [2.05, 4.69) is 43.5 Å². The first kappa shape index (κ1) is 15.7. The minimum Gasteiger partial charge on any atom is -0.352 e. The number of amides is 1. The van der Waals surface area contributed by atoms with Gasteiger partial charge in [-0.1, -0.05) is 28.1 Å². The van der Waals surface area contributed by atoms with Crippen molar-refractivity contribution in [3.05, 3.63) is 47.0 Å². The molecule has 0 aliphatic carbocycles. The number of halogens is 1. The standard InChI is InChI=1S/C15H19BrN4O/c1-11(3-4-13-5-7-14(16)8-6-13)19-15(21)12(2)20-10-17-9-18-20/h5-12H,3-4H2,1-2H3,(H,19,21)/t11-,12+/m0/s1. The Morgan fingerprint density at radius 2 is 2.05 bits per heavy atom. The van der Waals surface area contributed by atoms with Crippen molar-refractivity contribution in [3.8, 4) is 0 Å². The quantitative estimate of drug-likeness (QED) is 0.871. The molecule has 0 aliphatic rings. The van der Waals surface area contributed by atoms with Gasteiger partial charge in [-0.15, -0.1) is 0 Å². The molecule has 21 heavy (non-hydrogen) atoms. The van der Waals surface area contributed by atoms with E-state index in [9.17, 15) is 4.79 Å². The van der Waals surface area contributed by atoms with Gasteiger partial charge in [-0.3, -0.25) is 4.79 Å². The number of nitrogens with one attached hydrogen (secondary N) is 1. The molecule has 1 N–H and O–H groups in total. The Labute approximate surface area is 132 Å². The number of benzene rings is 1. The molecule has 6 heteroatoms. The lowest BCUT2D eigenvalue weighted by atomic mass is 10.1. The first-order valence-electron chi connectivity index (χ1n) is 6.95. The third-order valence-corrected chi connectivity index (χ3v) is 3.91. The summed E-state index contributed by atoms with van der Waals surface area (Å²) < 4.78 is 2.63. The average Bonchev–Trinajstić information content (AvgIpc) is 3.00. The van der Waals surface area contributed by atoms with E-state index >= 15 is 0 Å². The zero-order valence-corrected chi connectivity index (χ0v) is 13.7. The van der Waals surface area contributed by atoms with Crippen molar-refractivity contribution < 1.29 is 4.79 Å². The van der Waals surface area contributed by atoms with Gasteiger partial charge in [-0.25, -0.2) is 9.67 Å². The number of carbonyl (C=O) groups is 1. The van der Waals surface area contributed by atoms with E-state index in [1.165, 1.54) is 11.9 Å². The highest BCUT2D eigenvalue weighted by molar-refractivity contribution is 9.10. The molecular formula is C15H19BrN4O. The topological polar surface area (TPSA) is 59.8 Å². The Bertz CT molecular complexity index is 568. The Balaban J connectivity index is 1.80. The summed E-state index contributed by atoms with van der Waals surface area (Å²) in [5.74, 6) is -0.0381. The molecule has 0 fully saturated rings.